The molecule has 1 heterocycles. The highest BCUT2D eigenvalue weighted by atomic mass is 79.9. The van der Waals surface area contributed by atoms with Crippen LogP contribution in [0, 0.1) is 0 Å². The van der Waals surface area contributed by atoms with Gasteiger partial charge < -0.3 is 5.32 Å². The number of hydrogen-bond acceptors (Lipinski definition) is 3. The van der Waals surface area contributed by atoms with Crippen LogP contribution in [0.25, 0.3) is 0 Å². The van der Waals surface area contributed by atoms with Gasteiger partial charge in [0, 0.05) is 19.0 Å². The molecule has 1 rings (SSSR count). The van der Waals surface area contributed by atoms with Crippen molar-refractivity contribution in [3.8, 4) is 0 Å². The summed E-state index contributed by atoms with van der Waals surface area (Å²) in [7, 11) is 1.94. The second-order valence-corrected chi connectivity index (χ2v) is 5.13. The highest BCUT2D eigenvalue weighted by molar-refractivity contribution is 9.10. The zero-order valence-electron chi connectivity index (χ0n) is 10.5. The van der Waals surface area contributed by atoms with Crippen LogP contribution in [-0.4, -0.2) is 27.6 Å². The van der Waals surface area contributed by atoms with Crippen molar-refractivity contribution in [3.05, 3.63) is 10.3 Å². The summed E-state index contributed by atoms with van der Waals surface area (Å²) < 4.78 is 2.71. The lowest BCUT2D eigenvalue weighted by Crippen LogP contribution is -2.28. The topological polar surface area (TPSA) is 42.7 Å². The molecule has 0 saturated heterocycles. The van der Waals surface area contributed by atoms with Crippen LogP contribution in [0.5, 0.6) is 0 Å². The van der Waals surface area contributed by atoms with E-state index in [1.165, 1.54) is 12.1 Å². The molecular weight excluding hydrogens is 268 g/mol. The maximum absolute atomic E-state index is 4.02. The van der Waals surface area contributed by atoms with E-state index in [9.17, 15) is 0 Å². The van der Waals surface area contributed by atoms with Gasteiger partial charge in [-0.05, 0) is 42.2 Å². The van der Waals surface area contributed by atoms with Gasteiger partial charge >= 0.3 is 0 Å². The van der Waals surface area contributed by atoms with Crippen molar-refractivity contribution in [2.24, 2.45) is 7.05 Å². The van der Waals surface area contributed by atoms with E-state index < -0.39 is 0 Å². The maximum atomic E-state index is 4.02. The highest BCUT2D eigenvalue weighted by Gasteiger charge is 2.17. The summed E-state index contributed by atoms with van der Waals surface area (Å²) in [6.07, 6.45) is 2.27. The smallest absolute Gasteiger partial charge is 0.151 e. The minimum absolute atomic E-state index is 0.453. The second kappa shape index (κ2) is 6.35. The first-order chi connectivity index (χ1) is 7.56. The maximum Gasteiger partial charge on any atom is 0.151 e. The Morgan fingerprint density at radius 3 is 2.62 bits per heavy atom. The van der Waals surface area contributed by atoms with Crippen LogP contribution >= 0.6 is 15.9 Å². The predicted molar refractivity (Wildman–Crippen MR) is 69.5 cm³/mol. The number of hydrogen-bond donors (Lipinski definition) is 1. The van der Waals surface area contributed by atoms with Gasteiger partial charge in [-0.25, -0.2) is 0 Å². The number of aryl methyl sites for hydroxylation is 1. The molecular formula is C11H21BrN4. The molecule has 0 aliphatic rings. The quantitative estimate of drug-likeness (QED) is 0.874. The fraction of sp³-hybridized carbons (Fsp3) is 0.818. The van der Waals surface area contributed by atoms with Gasteiger partial charge in [0.05, 0.1) is 5.69 Å². The average molecular weight is 289 g/mol. The molecule has 0 amide bonds. The third-order valence-electron chi connectivity index (χ3n) is 2.74. The summed E-state index contributed by atoms with van der Waals surface area (Å²) in [5, 5.41) is 11.5. The monoisotopic (exact) mass is 288 g/mol. The molecule has 0 radical (unpaired) electrons. The minimum atomic E-state index is 0.453. The third-order valence-corrected chi connectivity index (χ3v) is 3.31. The first-order valence-electron chi connectivity index (χ1n) is 5.84. The number of rotatable bonds is 6. The first kappa shape index (κ1) is 13.6. The molecule has 0 aliphatic heterocycles. The Labute approximate surface area is 106 Å². The van der Waals surface area contributed by atoms with Crippen LogP contribution in [0.2, 0.25) is 0 Å². The molecule has 2 atom stereocenters. The van der Waals surface area contributed by atoms with Crippen LogP contribution in [0.3, 0.4) is 0 Å². The van der Waals surface area contributed by atoms with E-state index in [4.69, 9.17) is 0 Å². The van der Waals surface area contributed by atoms with E-state index in [1.54, 1.807) is 0 Å². The standard InChI is InChI=1S/C11H21BrN4/c1-5-6-13-9(3)7-8(2)10-11(12)14-15-16(10)4/h8-9,13H,5-7H2,1-4H3. The predicted octanol–water partition coefficient (Wildman–Crippen LogP) is 2.46. The summed E-state index contributed by atoms with van der Waals surface area (Å²) in [6, 6.07) is 0.525. The van der Waals surface area contributed by atoms with Crippen molar-refractivity contribution in [1.82, 2.24) is 20.3 Å². The van der Waals surface area contributed by atoms with Crippen molar-refractivity contribution < 1.29 is 0 Å². The SMILES string of the molecule is CCCNC(C)CC(C)c1c(Br)nnn1C. The van der Waals surface area contributed by atoms with Crippen molar-refractivity contribution >= 4 is 15.9 Å². The van der Waals surface area contributed by atoms with Crippen molar-refractivity contribution in [3.63, 3.8) is 0 Å². The van der Waals surface area contributed by atoms with Crippen LogP contribution in [-0.2, 0) is 7.05 Å². The average Bonchev–Trinajstić information content (AvgIpc) is 2.55. The molecule has 0 aromatic carbocycles. The first-order valence-corrected chi connectivity index (χ1v) is 6.64. The van der Waals surface area contributed by atoms with E-state index in [0.29, 0.717) is 12.0 Å². The van der Waals surface area contributed by atoms with Gasteiger partial charge in [-0.1, -0.05) is 19.1 Å². The summed E-state index contributed by atoms with van der Waals surface area (Å²) in [4.78, 5) is 0. The van der Waals surface area contributed by atoms with Crippen LogP contribution in [0.15, 0.2) is 4.60 Å². The molecule has 4 nitrogen and oxygen atoms in total. The fourth-order valence-corrected chi connectivity index (χ4v) is 2.70. The molecule has 1 aromatic rings. The van der Waals surface area contributed by atoms with Gasteiger partial charge in [-0.2, -0.15) is 0 Å². The van der Waals surface area contributed by atoms with Gasteiger partial charge in [0.15, 0.2) is 4.60 Å². The van der Waals surface area contributed by atoms with Crippen LogP contribution < -0.4 is 5.32 Å². The Morgan fingerprint density at radius 2 is 2.12 bits per heavy atom. The van der Waals surface area contributed by atoms with E-state index >= 15 is 0 Å². The number of aromatic nitrogens is 3. The molecule has 0 aliphatic carbocycles. The minimum Gasteiger partial charge on any atom is -0.314 e. The van der Waals surface area contributed by atoms with Gasteiger partial charge in [-0.15, -0.1) is 5.10 Å². The normalized spacial score (nSPS) is 15.1. The van der Waals surface area contributed by atoms with Crippen LogP contribution in [0.4, 0.5) is 0 Å². The fourth-order valence-electron chi connectivity index (χ4n) is 1.98. The molecule has 2 unspecified atom stereocenters. The largest absolute Gasteiger partial charge is 0.314 e. The van der Waals surface area contributed by atoms with Gasteiger partial charge in [0.2, 0.25) is 0 Å². The molecule has 92 valence electrons. The zero-order valence-corrected chi connectivity index (χ0v) is 12.1. The molecule has 1 aromatic heterocycles. The Morgan fingerprint density at radius 1 is 1.44 bits per heavy atom. The highest BCUT2D eigenvalue weighted by Crippen LogP contribution is 2.25. The Kier molecular flexibility index (Phi) is 5.41. The second-order valence-electron chi connectivity index (χ2n) is 4.38. The molecule has 16 heavy (non-hydrogen) atoms. The van der Waals surface area contributed by atoms with Crippen LogP contribution in [0.1, 0.15) is 45.2 Å². The van der Waals surface area contributed by atoms with Gasteiger partial charge in [0.25, 0.3) is 0 Å². The lowest BCUT2D eigenvalue weighted by atomic mass is 10.00. The number of halogens is 1. The Hall–Kier alpha value is -0.420. The van der Waals surface area contributed by atoms with Gasteiger partial charge in [0.1, 0.15) is 0 Å². The molecule has 0 bridgehead atoms. The van der Waals surface area contributed by atoms with E-state index in [0.717, 1.165) is 17.6 Å². The van der Waals surface area contributed by atoms with E-state index in [1.807, 2.05) is 11.7 Å². The molecule has 0 spiro atoms. The molecule has 1 N–H and O–H groups in total. The van der Waals surface area contributed by atoms with Crippen molar-refractivity contribution in [2.75, 3.05) is 6.54 Å². The molecule has 0 saturated carbocycles. The lowest BCUT2D eigenvalue weighted by molar-refractivity contribution is 0.465. The van der Waals surface area contributed by atoms with Gasteiger partial charge in [-0.3, -0.25) is 4.68 Å². The number of nitrogens with zero attached hydrogens (tertiary/aromatic N) is 3. The zero-order chi connectivity index (χ0) is 12.1. The molecule has 0 fully saturated rings. The summed E-state index contributed by atoms with van der Waals surface area (Å²) in [6.45, 7) is 7.71. The Bertz CT molecular complexity index is 304. The summed E-state index contributed by atoms with van der Waals surface area (Å²) in [5.74, 6) is 0.453. The Balaban J connectivity index is 2.55. The summed E-state index contributed by atoms with van der Waals surface area (Å²) in [5.41, 5.74) is 1.17. The number of nitrogens with one attached hydrogen (secondary N) is 1. The van der Waals surface area contributed by atoms with Crippen molar-refractivity contribution in [2.45, 2.75) is 45.6 Å². The third kappa shape index (κ3) is 3.56. The molecule has 5 heteroatoms. The lowest BCUT2D eigenvalue weighted by Gasteiger charge is -2.18. The van der Waals surface area contributed by atoms with Crippen molar-refractivity contribution in [1.29, 1.82) is 0 Å². The van der Waals surface area contributed by atoms with E-state index in [-0.39, 0.29) is 0 Å². The van der Waals surface area contributed by atoms with E-state index in [2.05, 4.69) is 52.3 Å². The summed E-state index contributed by atoms with van der Waals surface area (Å²) >= 11 is 3.45.